The van der Waals surface area contributed by atoms with Crippen LogP contribution in [0.4, 0.5) is 4.79 Å². The fourth-order valence-corrected chi connectivity index (χ4v) is 3.36. The number of hydrogen-bond donors (Lipinski definition) is 1. The van der Waals surface area contributed by atoms with Crippen molar-refractivity contribution in [3.63, 3.8) is 0 Å². The highest BCUT2D eigenvalue weighted by atomic mass is 32.1. The molecule has 5 heteroatoms. The Morgan fingerprint density at radius 3 is 3.06 bits per heavy atom. The van der Waals surface area contributed by atoms with E-state index in [0.29, 0.717) is 26.1 Å². The molecular formula is C13H19NO3S. The number of thiophene rings is 1. The molecule has 1 amide bonds. The zero-order valence-corrected chi connectivity index (χ0v) is 11.6. The van der Waals surface area contributed by atoms with Crippen LogP contribution >= 0.6 is 11.3 Å². The molecule has 2 atom stereocenters. The van der Waals surface area contributed by atoms with Crippen LogP contribution in [0.2, 0.25) is 0 Å². The maximum atomic E-state index is 11.7. The van der Waals surface area contributed by atoms with Crippen LogP contribution in [-0.4, -0.2) is 35.8 Å². The van der Waals surface area contributed by atoms with Gasteiger partial charge in [-0.15, -0.1) is 11.3 Å². The number of nitrogens with zero attached hydrogens (tertiary/aromatic N) is 1. The van der Waals surface area contributed by atoms with E-state index in [2.05, 4.69) is 0 Å². The van der Waals surface area contributed by atoms with Gasteiger partial charge in [-0.05, 0) is 24.8 Å². The number of aliphatic hydroxyl groups is 1. The fourth-order valence-electron chi connectivity index (χ4n) is 2.40. The van der Waals surface area contributed by atoms with Gasteiger partial charge in [-0.25, -0.2) is 4.79 Å². The van der Waals surface area contributed by atoms with Gasteiger partial charge in [0.2, 0.25) is 0 Å². The van der Waals surface area contributed by atoms with Crippen LogP contribution in [0.1, 0.15) is 25.1 Å². The molecule has 1 saturated heterocycles. The van der Waals surface area contributed by atoms with Crippen LogP contribution in [0.3, 0.4) is 0 Å². The first-order chi connectivity index (χ1) is 8.58. The zero-order chi connectivity index (χ0) is 13.2. The molecule has 0 radical (unpaired) electrons. The molecule has 18 heavy (non-hydrogen) atoms. The summed E-state index contributed by atoms with van der Waals surface area (Å²) in [4.78, 5) is 14.3. The van der Waals surface area contributed by atoms with Crippen LogP contribution in [-0.2, 0) is 10.3 Å². The number of piperidine rings is 1. The van der Waals surface area contributed by atoms with Gasteiger partial charge < -0.3 is 14.7 Å². The Morgan fingerprint density at radius 1 is 1.72 bits per heavy atom. The molecule has 2 heterocycles. The van der Waals surface area contributed by atoms with Crippen molar-refractivity contribution < 1.29 is 14.6 Å². The van der Waals surface area contributed by atoms with Crippen molar-refractivity contribution in [2.75, 3.05) is 19.7 Å². The highest BCUT2D eigenvalue weighted by Gasteiger charge is 2.42. The molecule has 1 N–H and O–H groups in total. The standard InChI is InChI=1S/C13H19NO3S/c1-3-17-12(15)14-7-6-13(16,10(2)9-14)11-5-4-8-18-11/h4-5,8,10,16H,3,6-7,9H2,1-2H3/t10-,13-/m0/s1. The molecule has 100 valence electrons. The van der Waals surface area contributed by atoms with Crippen molar-refractivity contribution in [1.29, 1.82) is 0 Å². The Bertz CT molecular complexity index is 406. The van der Waals surface area contributed by atoms with E-state index in [1.807, 2.05) is 24.4 Å². The Hall–Kier alpha value is -1.07. The Labute approximate surface area is 111 Å². The number of rotatable bonds is 2. The first-order valence-corrected chi connectivity index (χ1v) is 7.14. The van der Waals surface area contributed by atoms with Gasteiger partial charge in [-0.1, -0.05) is 13.0 Å². The minimum Gasteiger partial charge on any atom is -0.450 e. The van der Waals surface area contributed by atoms with E-state index in [9.17, 15) is 9.90 Å². The summed E-state index contributed by atoms with van der Waals surface area (Å²) in [6.45, 7) is 5.24. The molecule has 1 aliphatic rings. The number of amides is 1. The summed E-state index contributed by atoms with van der Waals surface area (Å²) in [5.74, 6) is 0.00862. The third-order valence-corrected chi connectivity index (χ3v) is 4.58. The van der Waals surface area contributed by atoms with Gasteiger partial charge in [0, 0.05) is 23.9 Å². The highest BCUT2D eigenvalue weighted by molar-refractivity contribution is 7.10. The van der Waals surface area contributed by atoms with Gasteiger partial charge >= 0.3 is 6.09 Å². The third-order valence-electron chi connectivity index (χ3n) is 3.55. The largest absolute Gasteiger partial charge is 0.450 e. The quantitative estimate of drug-likeness (QED) is 0.897. The van der Waals surface area contributed by atoms with E-state index >= 15 is 0 Å². The topological polar surface area (TPSA) is 49.8 Å². The van der Waals surface area contributed by atoms with Crippen molar-refractivity contribution >= 4 is 17.4 Å². The average Bonchev–Trinajstić information content (AvgIpc) is 2.87. The van der Waals surface area contributed by atoms with Crippen molar-refractivity contribution in [3.05, 3.63) is 22.4 Å². The van der Waals surface area contributed by atoms with Crippen molar-refractivity contribution in [1.82, 2.24) is 4.90 Å². The number of ether oxygens (including phenoxy) is 1. The van der Waals surface area contributed by atoms with E-state index in [1.165, 1.54) is 0 Å². The zero-order valence-electron chi connectivity index (χ0n) is 10.8. The summed E-state index contributed by atoms with van der Waals surface area (Å²) < 4.78 is 5.00. The predicted molar refractivity (Wildman–Crippen MR) is 70.6 cm³/mol. The number of carbonyl (C=O) groups excluding carboxylic acids is 1. The van der Waals surface area contributed by atoms with Gasteiger partial charge in [0.05, 0.1) is 6.61 Å². The molecule has 0 aliphatic carbocycles. The fraction of sp³-hybridized carbons (Fsp3) is 0.615. The average molecular weight is 269 g/mol. The summed E-state index contributed by atoms with van der Waals surface area (Å²) in [7, 11) is 0. The normalized spacial score (nSPS) is 28.2. The summed E-state index contributed by atoms with van der Waals surface area (Å²) in [5.41, 5.74) is -0.808. The first-order valence-electron chi connectivity index (χ1n) is 6.26. The smallest absolute Gasteiger partial charge is 0.409 e. The summed E-state index contributed by atoms with van der Waals surface area (Å²) in [6.07, 6.45) is 0.283. The van der Waals surface area contributed by atoms with E-state index < -0.39 is 5.60 Å². The predicted octanol–water partition coefficient (Wildman–Crippen LogP) is 2.43. The van der Waals surface area contributed by atoms with Gasteiger partial charge in [0.15, 0.2) is 0 Å². The molecule has 0 spiro atoms. The van der Waals surface area contributed by atoms with Crippen LogP contribution < -0.4 is 0 Å². The molecule has 1 aromatic heterocycles. The maximum absolute atomic E-state index is 11.7. The first kappa shape index (κ1) is 13.4. The van der Waals surface area contributed by atoms with E-state index in [1.54, 1.807) is 23.2 Å². The number of hydrogen-bond acceptors (Lipinski definition) is 4. The molecule has 1 fully saturated rings. The second kappa shape index (κ2) is 5.28. The van der Waals surface area contributed by atoms with E-state index in [-0.39, 0.29) is 12.0 Å². The van der Waals surface area contributed by atoms with Crippen LogP contribution in [0, 0.1) is 5.92 Å². The van der Waals surface area contributed by atoms with Gasteiger partial charge in [-0.2, -0.15) is 0 Å². The van der Waals surface area contributed by atoms with Crippen molar-refractivity contribution in [3.8, 4) is 0 Å². The van der Waals surface area contributed by atoms with Crippen LogP contribution in [0.5, 0.6) is 0 Å². The molecule has 0 saturated carbocycles. The molecule has 0 unspecified atom stereocenters. The Balaban J connectivity index is 2.07. The second-order valence-electron chi connectivity index (χ2n) is 4.70. The van der Waals surface area contributed by atoms with Crippen molar-refractivity contribution in [2.24, 2.45) is 5.92 Å². The molecule has 0 bridgehead atoms. The molecule has 4 nitrogen and oxygen atoms in total. The molecule has 0 aromatic carbocycles. The number of likely N-dealkylation sites (tertiary alicyclic amines) is 1. The lowest BCUT2D eigenvalue weighted by Crippen LogP contribution is -2.50. The minimum absolute atomic E-state index is 0.00862. The number of carbonyl (C=O) groups is 1. The molecule has 1 aliphatic heterocycles. The van der Waals surface area contributed by atoms with E-state index in [4.69, 9.17) is 4.74 Å². The lowest BCUT2D eigenvalue weighted by atomic mass is 9.81. The van der Waals surface area contributed by atoms with Crippen LogP contribution in [0.25, 0.3) is 0 Å². The molecular weight excluding hydrogens is 250 g/mol. The second-order valence-corrected chi connectivity index (χ2v) is 5.65. The molecule has 2 rings (SSSR count). The Kier molecular flexibility index (Phi) is 3.92. The minimum atomic E-state index is -0.808. The molecule has 1 aromatic rings. The highest BCUT2D eigenvalue weighted by Crippen LogP contribution is 2.39. The summed E-state index contributed by atoms with van der Waals surface area (Å²) in [6, 6.07) is 3.91. The lowest BCUT2D eigenvalue weighted by Gasteiger charge is -2.42. The SMILES string of the molecule is CCOC(=O)N1CC[C@@](O)(c2cccs2)[C@@H](C)C1. The maximum Gasteiger partial charge on any atom is 0.409 e. The van der Waals surface area contributed by atoms with Gasteiger partial charge in [0.1, 0.15) is 5.60 Å². The van der Waals surface area contributed by atoms with Crippen molar-refractivity contribution in [2.45, 2.75) is 25.9 Å². The van der Waals surface area contributed by atoms with Crippen LogP contribution in [0.15, 0.2) is 17.5 Å². The summed E-state index contributed by atoms with van der Waals surface area (Å²) >= 11 is 1.57. The van der Waals surface area contributed by atoms with E-state index in [0.717, 1.165) is 4.88 Å². The third kappa shape index (κ3) is 2.37. The Morgan fingerprint density at radius 2 is 2.50 bits per heavy atom. The lowest BCUT2D eigenvalue weighted by molar-refractivity contribution is -0.0647. The summed E-state index contributed by atoms with van der Waals surface area (Å²) in [5, 5.41) is 12.7. The monoisotopic (exact) mass is 269 g/mol. The van der Waals surface area contributed by atoms with Gasteiger partial charge in [-0.3, -0.25) is 0 Å². The van der Waals surface area contributed by atoms with Gasteiger partial charge in [0.25, 0.3) is 0 Å².